The van der Waals surface area contributed by atoms with Gasteiger partial charge in [0, 0.05) is 12.6 Å². The van der Waals surface area contributed by atoms with Gasteiger partial charge in [-0.05, 0) is 38.8 Å². The average molecular weight is 291 g/mol. The van der Waals surface area contributed by atoms with E-state index in [-0.39, 0.29) is 17.8 Å². The normalized spacial score (nSPS) is 21.9. The topological polar surface area (TPSA) is 56.2 Å². The summed E-state index contributed by atoms with van der Waals surface area (Å²) in [6, 6.07) is 4.43. The summed E-state index contributed by atoms with van der Waals surface area (Å²) in [5, 5.41) is 2.80. The predicted octanol–water partition coefficient (Wildman–Crippen LogP) is 2.70. The number of hydrogen-bond acceptors (Lipinski definition) is 3. The van der Waals surface area contributed by atoms with Gasteiger partial charge in [-0.3, -0.25) is 10.1 Å². The van der Waals surface area contributed by atoms with Gasteiger partial charge < -0.3 is 9.30 Å². The number of halogens is 1. The molecule has 112 valence electrons. The standard InChI is InChI=1S/C15H18FN3O2/c1-3-19-12-6-5-10(16)8-11(12)17-15(19)18-14(20)13-7-4-9(2)21-13/h5-6,8-9,13H,3-4,7H2,1-2H3,(H,17,18,20)/t9-,13-/m0/s1. The third kappa shape index (κ3) is 2.63. The first-order chi connectivity index (χ1) is 10.1. The SMILES string of the molecule is CCn1c(NC(=O)[C@@H]2CC[C@H](C)O2)nc2cc(F)ccc21. The molecule has 1 fully saturated rings. The molecule has 1 aliphatic rings. The lowest BCUT2D eigenvalue weighted by atomic mass is 10.2. The van der Waals surface area contributed by atoms with E-state index in [1.807, 2.05) is 18.4 Å². The molecule has 1 aromatic carbocycles. The highest BCUT2D eigenvalue weighted by molar-refractivity contribution is 5.94. The van der Waals surface area contributed by atoms with Crippen molar-refractivity contribution < 1.29 is 13.9 Å². The highest BCUT2D eigenvalue weighted by Gasteiger charge is 2.29. The summed E-state index contributed by atoms with van der Waals surface area (Å²) in [6.45, 7) is 4.55. The second-order valence-electron chi connectivity index (χ2n) is 5.31. The molecule has 1 amide bonds. The van der Waals surface area contributed by atoms with Crippen LogP contribution in [-0.4, -0.2) is 27.7 Å². The molecule has 0 aliphatic carbocycles. The molecule has 0 bridgehead atoms. The van der Waals surface area contributed by atoms with Crippen LogP contribution in [0.2, 0.25) is 0 Å². The Labute approximate surface area is 122 Å². The van der Waals surface area contributed by atoms with E-state index >= 15 is 0 Å². The Morgan fingerprint density at radius 3 is 3.00 bits per heavy atom. The van der Waals surface area contributed by atoms with Crippen molar-refractivity contribution >= 4 is 22.9 Å². The lowest BCUT2D eigenvalue weighted by Crippen LogP contribution is -2.29. The number of nitrogens with zero attached hydrogens (tertiary/aromatic N) is 2. The zero-order valence-corrected chi connectivity index (χ0v) is 12.1. The second-order valence-corrected chi connectivity index (χ2v) is 5.31. The van der Waals surface area contributed by atoms with Crippen molar-refractivity contribution in [1.82, 2.24) is 9.55 Å². The van der Waals surface area contributed by atoms with Crippen molar-refractivity contribution in [3.8, 4) is 0 Å². The quantitative estimate of drug-likeness (QED) is 0.946. The molecule has 2 heterocycles. The van der Waals surface area contributed by atoms with Crippen molar-refractivity contribution in [2.75, 3.05) is 5.32 Å². The summed E-state index contributed by atoms with van der Waals surface area (Å²) in [5.74, 6) is -0.0924. The van der Waals surface area contributed by atoms with Crippen molar-refractivity contribution in [3.05, 3.63) is 24.0 Å². The van der Waals surface area contributed by atoms with Gasteiger partial charge in [0.1, 0.15) is 11.9 Å². The van der Waals surface area contributed by atoms with E-state index in [1.54, 1.807) is 6.07 Å². The van der Waals surface area contributed by atoms with E-state index in [1.165, 1.54) is 12.1 Å². The van der Waals surface area contributed by atoms with Crippen LogP contribution < -0.4 is 5.32 Å². The van der Waals surface area contributed by atoms with E-state index in [2.05, 4.69) is 10.3 Å². The fourth-order valence-electron chi connectivity index (χ4n) is 2.70. The van der Waals surface area contributed by atoms with Crippen LogP contribution in [0, 0.1) is 5.82 Å². The highest BCUT2D eigenvalue weighted by Crippen LogP contribution is 2.23. The molecule has 2 aromatic rings. The zero-order valence-electron chi connectivity index (χ0n) is 12.1. The number of benzene rings is 1. The van der Waals surface area contributed by atoms with Crippen LogP contribution in [0.25, 0.3) is 11.0 Å². The number of hydrogen-bond donors (Lipinski definition) is 1. The minimum absolute atomic E-state index is 0.111. The fraction of sp³-hybridized carbons (Fsp3) is 0.467. The monoisotopic (exact) mass is 291 g/mol. The van der Waals surface area contributed by atoms with E-state index in [9.17, 15) is 9.18 Å². The van der Waals surface area contributed by atoms with Crippen molar-refractivity contribution in [2.24, 2.45) is 0 Å². The molecule has 1 aromatic heterocycles. The first-order valence-corrected chi connectivity index (χ1v) is 7.20. The Hall–Kier alpha value is -1.95. The molecule has 6 heteroatoms. The smallest absolute Gasteiger partial charge is 0.255 e. The molecule has 0 saturated carbocycles. The number of amides is 1. The molecular weight excluding hydrogens is 273 g/mol. The van der Waals surface area contributed by atoms with Crippen LogP contribution >= 0.6 is 0 Å². The Balaban J connectivity index is 1.88. The lowest BCUT2D eigenvalue weighted by Gasteiger charge is -2.12. The zero-order chi connectivity index (χ0) is 15.0. The first kappa shape index (κ1) is 14.0. The Morgan fingerprint density at radius 2 is 2.33 bits per heavy atom. The summed E-state index contributed by atoms with van der Waals surface area (Å²) in [5.41, 5.74) is 1.34. The summed E-state index contributed by atoms with van der Waals surface area (Å²) >= 11 is 0. The number of aromatic nitrogens is 2. The van der Waals surface area contributed by atoms with Gasteiger partial charge in [0.05, 0.1) is 17.1 Å². The summed E-state index contributed by atoms with van der Waals surface area (Å²) < 4.78 is 20.7. The predicted molar refractivity (Wildman–Crippen MR) is 77.6 cm³/mol. The highest BCUT2D eigenvalue weighted by atomic mass is 19.1. The lowest BCUT2D eigenvalue weighted by molar-refractivity contribution is -0.126. The summed E-state index contributed by atoms with van der Waals surface area (Å²) in [7, 11) is 0. The van der Waals surface area contributed by atoms with Crippen LogP contribution in [0.3, 0.4) is 0 Å². The molecule has 2 atom stereocenters. The number of rotatable bonds is 3. The molecule has 21 heavy (non-hydrogen) atoms. The molecular formula is C15H18FN3O2. The van der Waals surface area contributed by atoms with Gasteiger partial charge in [-0.1, -0.05) is 0 Å². The Bertz CT molecular complexity index is 683. The van der Waals surface area contributed by atoms with Crippen molar-refractivity contribution in [3.63, 3.8) is 0 Å². The van der Waals surface area contributed by atoms with Crippen LogP contribution in [0.1, 0.15) is 26.7 Å². The van der Waals surface area contributed by atoms with E-state index < -0.39 is 6.10 Å². The van der Waals surface area contributed by atoms with Crippen LogP contribution in [-0.2, 0) is 16.1 Å². The molecule has 1 saturated heterocycles. The van der Waals surface area contributed by atoms with Gasteiger partial charge in [-0.2, -0.15) is 0 Å². The summed E-state index contributed by atoms with van der Waals surface area (Å²) in [4.78, 5) is 16.5. The minimum atomic E-state index is -0.429. The summed E-state index contributed by atoms with van der Waals surface area (Å²) in [6.07, 6.45) is 1.28. The maximum Gasteiger partial charge on any atom is 0.255 e. The van der Waals surface area contributed by atoms with Crippen molar-refractivity contribution in [1.29, 1.82) is 0 Å². The van der Waals surface area contributed by atoms with E-state index in [4.69, 9.17) is 4.74 Å². The van der Waals surface area contributed by atoms with E-state index in [0.717, 1.165) is 11.9 Å². The Kier molecular flexibility index (Phi) is 3.63. The molecule has 5 nitrogen and oxygen atoms in total. The van der Waals surface area contributed by atoms with Gasteiger partial charge in [-0.15, -0.1) is 0 Å². The van der Waals surface area contributed by atoms with E-state index in [0.29, 0.717) is 24.4 Å². The van der Waals surface area contributed by atoms with Gasteiger partial charge in [0.2, 0.25) is 5.95 Å². The third-order valence-corrected chi connectivity index (χ3v) is 3.79. The second kappa shape index (κ2) is 5.44. The number of ether oxygens (including phenoxy) is 1. The van der Waals surface area contributed by atoms with Crippen LogP contribution in [0.15, 0.2) is 18.2 Å². The number of nitrogens with one attached hydrogen (secondary N) is 1. The molecule has 3 rings (SSSR count). The molecule has 0 radical (unpaired) electrons. The van der Waals surface area contributed by atoms with Crippen LogP contribution in [0.5, 0.6) is 0 Å². The fourth-order valence-corrected chi connectivity index (χ4v) is 2.70. The molecule has 1 aliphatic heterocycles. The Morgan fingerprint density at radius 1 is 1.52 bits per heavy atom. The molecule has 1 N–H and O–H groups in total. The average Bonchev–Trinajstić information content (AvgIpc) is 3.01. The number of carbonyl (C=O) groups excluding carboxylic acids is 1. The number of anilines is 1. The maximum atomic E-state index is 13.3. The van der Waals surface area contributed by atoms with Crippen LogP contribution in [0.4, 0.5) is 10.3 Å². The van der Waals surface area contributed by atoms with Gasteiger partial charge in [0.15, 0.2) is 0 Å². The molecule has 0 unspecified atom stereocenters. The largest absolute Gasteiger partial charge is 0.365 e. The third-order valence-electron chi connectivity index (χ3n) is 3.79. The maximum absolute atomic E-state index is 13.3. The number of imidazole rings is 1. The van der Waals surface area contributed by atoms with Gasteiger partial charge in [-0.25, -0.2) is 9.37 Å². The van der Waals surface area contributed by atoms with Gasteiger partial charge in [0.25, 0.3) is 5.91 Å². The number of fused-ring (bicyclic) bond motifs is 1. The minimum Gasteiger partial charge on any atom is -0.365 e. The van der Waals surface area contributed by atoms with Gasteiger partial charge >= 0.3 is 0 Å². The number of carbonyl (C=O) groups is 1. The molecule has 0 spiro atoms. The van der Waals surface area contributed by atoms with Crippen molar-refractivity contribution in [2.45, 2.75) is 45.4 Å². The number of aryl methyl sites for hydroxylation is 1. The first-order valence-electron chi connectivity index (χ1n) is 7.20.